The third kappa shape index (κ3) is 4.22. The molecule has 2 unspecified atom stereocenters. The van der Waals surface area contributed by atoms with Crippen LogP contribution in [0.2, 0.25) is 0 Å². The van der Waals surface area contributed by atoms with Crippen molar-refractivity contribution < 1.29 is 0 Å². The molecule has 0 aromatic heterocycles. The highest BCUT2D eigenvalue weighted by molar-refractivity contribution is 4.95. The van der Waals surface area contributed by atoms with Crippen LogP contribution in [0.25, 0.3) is 0 Å². The Labute approximate surface area is 132 Å². The molecule has 1 aliphatic carbocycles. The van der Waals surface area contributed by atoms with Gasteiger partial charge >= 0.3 is 0 Å². The molecule has 1 saturated carbocycles. The van der Waals surface area contributed by atoms with Crippen LogP contribution in [0.15, 0.2) is 0 Å². The molecule has 2 atom stereocenters. The van der Waals surface area contributed by atoms with Crippen LogP contribution in [0.4, 0.5) is 0 Å². The average molecular weight is 293 g/mol. The molecular weight excluding hydrogens is 256 g/mol. The molecule has 21 heavy (non-hydrogen) atoms. The summed E-state index contributed by atoms with van der Waals surface area (Å²) in [5.41, 5.74) is 0. The highest BCUT2D eigenvalue weighted by Crippen LogP contribution is 2.35. The Morgan fingerprint density at radius 3 is 2.29 bits per heavy atom. The summed E-state index contributed by atoms with van der Waals surface area (Å²) in [6.07, 6.45) is 17.5. The Hall–Kier alpha value is -0.0800. The lowest BCUT2D eigenvalue weighted by Crippen LogP contribution is -2.56. The molecule has 0 amide bonds. The van der Waals surface area contributed by atoms with Crippen LogP contribution in [-0.4, -0.2) is 36.1 Å². The Balaban J connectivity index is 1.48. The maximum atomic E-state index is 3.80. The third-order valence-electron chi connectivity index (χ3n) is 6.33. The van der Waals surface area contributed by atoms with Crippen LogP contribution in [0.3, 0.4) is 0 Å². The summed E-state index contributed by atoms with van der Waals surface area (Å²) in [6, 6.07) is 2.61. The first kappa shape index (κ1) is 15.8. The van der Waals surface area contributed by atoms with Crippen molar-refractivity contribution in [1.82, 2.24) is 10.2 Å². The Bertz CT molecular complexity index is 284. The van der Waals surface area contributed by atoms with E-state index in [2.05, 4.69) is 17.1 Å². The minimum Gasteiger partial charge on any atom is -0.314 e. The Morgan fingerprint density at radius 1 is 0.905 bits per heavy atom. The third-order valence-corrected chi connectivity index (χ3v) is 6.33. The Kier molecular flexibility index (Phi) is 5.99. The molecule has 0 spiro atoms. The lowest BCUT2D eigenvalue weighted by atomic mass is 9.80. The van der Waals surface area contributed by atoms with Gasteiger partial charge in [0, 0.05) is 18.1 Å². The highest BCUT2D eigenvalue weighted by Gasteiger charge is 2.37. The van der Waals surface area contributed by atoms with Gasteiger partial charge in [-0.25, -0.2) is 0 Å². The van der Waals surface area contributed by atoms with Gasteiger partial charge in [-0.3, -0.25) is 4.90 Å². The van der Waals surface area contributed by atoms with E-state index in [1.807, 2.05) is 0 Å². The van der Waals surface area contributed by atoms with E-state index >= 15 is 0 Å². The van der Waals surface area contributed by atoms with E-state index in [1.54, 1.807) is 0 Å². The fourth-order valence-corrected chi connectivity index (χ4v) is 5.17. The number of piperidine rings is 2. The second-order valence-electron chi connectivity index (χ2n) is 7.89. The number of rotatable bonds is 6. The number of hydrogen-bond acceptors (Lipinski definition) is 2. The van der Waals surface area contributed by atoms with Gasteiger partial charge in [-0.15, -0.1) is 0 Å². The van der Waals surface area contributed by atoms with Gasteiger partial charge in [0.15, 0.2) is 0 Å². The van der Waals surface area contributed by atoms with Crippen molar-refractivity contribution in [2.75, 3.05) is 13.1 Å². The van der Waals surface area contributed by atoms with E-state index in [1.165, 1.54) is 90.1 Å². The van der Waals surface area contributed by atoms with Gasteiger partial charge in [0.1, 0.15) is 0 Å². The van der Waals surface area contributed by atoms with E-state index < -0.39 is 0 Å². The lowest BCUT2D eigenvalue weighted by Gasteiger charge is -2.49. The van der Waals surface area contributed by atoms with Crippen LogP contribution < -0.4 is 5.32 Å². The van der Waals surface area contributed by atoms with Crippen LogP contribution in [0.5, 0.6) is 0 Å². The fourth-order valence-electron chi connectivity index (χ4n) is 5.17. The number of nitrogens with zero attached hydrogens (tertiary/aromatic N) is 1. The quantitative estimate of drug-likeness (QED) is 0.783. The zero-order valence-corrected chi connectivity index (χ0v) is 14.2. The molecule has 2 nitrogen and oxygen atoms in total. The molecule has 3 rings (SSSR count). The van der Waals surface area contributed by atoms with Gasteiger partial charge in [-0.05, 0) is 57.5 Å². The van der Waals surface area contributed by atoms with Crippen molar-refractivity contribution in [3.8, 4) is 0 Å². The normalized spacial score (nSPS) is 35.0. The van der Waals surface area contributed by atoms with Crippen LogP contribution in [0.1, 0.15) is 84.0 Å². The molecule has 2 aliphatic heterocycles. The van der Waals surface area contributed by atoms with Crippen molar-refractivity contribution in [3.63, 3.8) is 0 Å². The van der Waals surface area contributed by atoms with E-state index in [-0.39, 0.29) is 0 Å². The second kappa shape index (κ2) is 7.97. The summed E-state index contributed by atoms with van der Waals surface area (Å²) in [4.78, 5) is 2.93. The van der Waals surface area contributed by atoms with Crippen molar-refractivity contribution >= 4 is 0 Å². The first-order chi connectivity index (χ1) is 10.4. The van der Waals surface area contributed by atoms with Crippen molar-refractivity contribution in [3.05, 3.63) is 0 Å². The maximum absolute atomic E-state index is 3.80. The molecule has 2 heterocycles. The van der Waals surface area contributed by atoms with Crippen molar-refractivity contribution in [1.29, 1.82) is 0 Å². The van der Waals surface area contributed by atoms with E-state index in [0.29, 0.717) is 0 Å². The van der Waals surface area contributed by atoms with Gasteiger partial charge in [0.05, 0.1) is 0 Å². The monoisotopic (exact) mass is 292 g/mol. The minimum absolute atomic E-state index is 0.811. The molecule has 0 radical (unpaired) electrons. The predicted octanol–water partition coefficient (Wildman–Crippen LogP) is 4.34. The number of hydrogen-bond donors (Lipinski definition) is 1. The zero-order valence-electron chi connectivity index (χ0n) is 14.2. The zero-order chi connectivity index (χ0) is 14.5. The molecule has 2 saturated heterocycles. The molecule has 2 heteroatoms. The molecule has 0 aromatic carbocycles. The summed E-state index contributed by atoms with van der Waals surface area (Å²) >= 11 is 0. The molecule has 3 aliphatic rings. The lowest BCUT2D eigenvalue weighted by molar-refractivity contribution is 0.0191. The summed E-state index contributed by atoms with van der Waals surface area (Å²) in [6.45, 7) is 4.90. The molecular formula is C19H36N2. The van der Waals surface area contributed by atoms with Crippen molar-refractivity contribution in [2.45, 2.75) is 102 Å². The van der Waals surface area contributed by atoms with Crippen LogP contribution in [0, 0.1) is 5.92 Å². The topological polar surface area (TPSA) is 15.3 Å². The summed E-state index contributed by atoms with van der Waals surface area (Å²) < 4.78 is 0. The molecule has 1 N–H and O–H groups in total. The van der Waals surface area contributed by atoms with Crippen LogP contribution in [-0.2, 0) is 0 Å². The molecule has 122 valence electrons. The van der Waals surface area contributed by atoms with Gasteiger partial charge in [0.2, 0.25) is 0 Å². The largest absolute Gasteiger partial charge is 0.314 e. The van der Waals surface area contributed by atoms with Gasteiger partial charge in [0.25, 0.3) is 0 Å². The predicted molar refractivity (Wildman–Crippen MR) is 90.6 cm³/mol. The van der Waals surface area contributed by atoms with Gasteiger partial charge in [-0.2, -0.15) is 0 Å². The average Bonchev–Trinajstić information content (AvgIpc) is 2.51. The van der Waals surface area contributed by atoms with E-state index in [4.69, 9.17) is 0 Å². The van der Waals surface area contributed by atoms with Crippen LogP contribution >= 0.6 is 0 Å². The maximum Gasteiger partial charge on any atom is 0.0113 e. The standard InChI is InChI=1S/C19H36N2/c1-2-12-20-17-14-18-9-6-10-19(15-17)21(18)13-11-16-7-4-3-5-8-16/h16-20H,2-15H2,1H3. The SMILES string of the molecule is CCCNC1CC2CCCC(C1)N2CCC1CCCCC1. The van der Waals surface area contributed by atoms with E-state index in [0.717, 1.165) is 24.0 Å². The molecule has 3 fully saturated rings. The summed E-state index contributed by atoms with van der Waals surface area (Å²) in [5, 5.41) is 3.80. The van der Waals surface area contributed by atoms with Crippen molar-refractivity contribution in [2.24, 2.45) is 5.92 Å². The summed E-state index contributed by atoms with van der Waals surface area (Å²) in [7, 11) is 0. The smallest absolute Gasteiger partial charge is 0.0113 e. The summed E-state index contributed by atoms with van der Waals surface area (Å²) in [5.74, 6) is 1.05. The first-order valence-electron chi connectivity index (χ1n) is 9.86. The van der Waals surface area contributed by atoms with Gasteiger partial charge in [-0.1, -0.05) is 45.4 Å². The fraction of sp³-hybridized carbons (Fsp3) is 1.00. The first-order valence-corrected chi connectivity index (χ1v) is 9.86. The highest BCUT2D eigenvalue weighted by atomic mass is 15.2. The number of fused-ring (bicyclic) bond motifs is 2. The number of nitrogens with one attached hydrogen (secondary N) is 1. The second-order valence-corrected chi connectivity index (χ2v) is 7.89. The molecule has 0 aromatic rings. The minimum atomic E-state index is 0.811. The Morgan fingerprint density at radius 2 is 1.62 bits per heavy atom. The van der Waals surface area contributed by atoms with E-state index in [9.17, 15) is 0 Å². The molecule has 2 bridgehead atoms. The van der Waals surface area contributed by atoms with Gasteiger partial charge < -0.3 is 5.32 Å².